The van der Waals surface area contributed by atoms with Crippen LogP contribution in [0.1, 0.15) is 100 Å². The van der Waals surface area contributed by atoms with Crippen LogP contribution in [0.4, 0.5) is 26.3 Å². The summed E-state index contributed by atoms with van der Waals surface area (Å²) < 4.78 is 83.5. The van der Waals surface area contributed by atoms with Crippen molar-refractivity contribution in [2.45, 2.75) is 126 Å². The van der Waals surface area contributed by atoms with Gasteiger partial charge in [0.15, 0.2) is 23.4 Å². The Labute approximate surface area is 463 Å². The van der Waals surface area contributed by atoms with Gasteiger partial charge in [0, 0.05) is 62.2 Å². The molecule has 4 aromatic rings. The molecule has 6 heterocycles. The Hall–Kier alpha value is -6.02. The first-order valence-electron chi connectivity index (χ1n) is 28.0. The van der Waals surface area contributed by atoms with Gasteiger partial charge in [0.2, 0.25) is 0 Å². The molecule has 19 heteroatoms. The maximum Gasteiger partial charge on any atom is 0.430 e. The number of benzene rings is 4. The number of rotatable bonds is 16. The number of alkyl halides is 6. The van der Waals surface area contributed by atoms with Gasteiger partial charge in [-0.05, 0) is 54.5 Å². The van der Waals surface area contributed by atoms with Crippen molar-refractivity contribution >= 4 is 23.9 Å². The van der Waals surface area contributed by atoms with Crippen molar-refractivity contribution in [2.24, 2.45) is 23.7 Å². The Morgan fingerprint density at radius 1 is 0.500 bits per heavy atom. The van der Waals surface area contributed by atoms with Gasteiger partial charge in [0.05, 0.1) is 45.9 Å². The summed E-state index contributed by atoms with van der Waals surface area (Å²) in [6.45, 7) is 9.23. The van der Waals surface area contributed by atoms with E-state index in [1.807, 2.05) is 91.0 Å². The molecule has 2 aliphatic carbocycles. The molecule has 0 amide bonds. The van der Waals surface area contributed by atoms with Crippen LogP contribution in [0.15, 0.2) is 121 Å². The van der Waals surface area contributed by atoms with Gasteiger partial charge in [0.25, 0.3) is 0 Å². The Morgan fingerprint density at radius 2 is 0.838 bits per heavy atom. The minimum absolute atomic E-state index is 0.0558. The van der Waals surface area contributed by atoms with Gasteiger partial charge in [0.1, 0.15) is 30.8 Å². The topological polar surface area (TPSA) is 183 Å². The third kappa shape index (κ3) is 15.7. The SMILES string of the molecule is O=C(O[C@H]1C[N+]2(CCCOc3ccccc3)CCC1CC2)[C@](O)(c1ccccc1)C1CCCC1.O=C(O[C@H]1C[N+]2(CCc3ccccc3)CCC1CC2)[C@](O)(c1ccccc1)C1CCCC1.O=C([O-])C(F)(F)F.O=C([O-])C(F)(F)F. The van der Waals surface area contributed by atoms with Crippen LogP contribution >= 0.6 is 0 Å². The van der Waals surface area contributed by atoms with Crippen molar-refractivity contribution in [3.63, 3.8) is 0 Å². The lowest BCUT2D eigenvalue weighted by Crippen LogP contribution is -2.65. The van der Waals surface area contributed by atoms with E-state index in [1.54, 1.807) is 0 Å². The largest absolute Gasteiger partial charge is 0.542 e. The molecule has 436 valence electrons. The third-order valence-electron chi connectivity index (χ3n) is 17.5. The normalized spacial score (nSPS) is 25.9. The molecule has 8 aliphatic rings. The lowest BCUT2D eigenvalue weighted by atomic mass is 9.79. The minimum atomic E-state index is -5.19. The van der Waals surface area contributed by atoms with Gasteiger partial charge < -0.3 is 53.2 Å². The molecule has 2 N–H and O–H groups in total. The van der Waals surface area contributed by atoms with E-state index in [0.29, 0.717) is 29.6 Å². The van der Waals surface area contributed by atoms with Crippen LogP contribution < -0.4 is 14.9 Å². The molecule has 0 aromatic heterocycles. The monoisotopic (exact) mass is 1120 g/mol. The molecular formula is C61H74F6N2O11. The highest BCUT2D eigenvalue weighted by atomic mass is 19.4. The summed E-state index contributed by atoms with van der Waals surface area (Å²) in [5.41, 5.74) is -0.334. The quantitative estimate of drug-likeness (QED) is 0.0485. The molecule has 0 spiro atoms. The van der Waals surface area contributed by atoms with Crippen molar-refractivity contribution in [1.82, 2.24) is 0 Å². The summed E-state index contributed by atoms with van der Waals surface area (Å²) in [4.78, 5) is 44.8. The van der Waals surface area contributed by atoms with Crippen LogP contribution in [-0.4, -0.2) is 127 Å². The lowest BCUT2D eigenvalue weighted by molar-refractivity contribution is -0.946. The number of carbonyl (C=O) groups is 4. The first kappa shape index (κ1) is 61.6. The second-order valence-electron chi connectivity index (χ2n) is 22.5. The highest BCUT2D eigenvalue weighted by Crippen LogP contribution is 2.45. The second kappa shape index (κ2) is 27.2. The van der Waals surface area contributed by atoms with E-state index in [0.717, 1.165) is 144 Å². The summed E-state index contributed by atoms with van der Waals surface area (Å²) in [6, 6.07) is 39.6. The zero-order valence-electron chi connectivity index (χ0n) is 45.0. The Bertz CT molecular complexity index is 2560. The zero-order chi connectivity index (χ0) is 57.6. The van der Waals surface area contributed by atoms with E-state index < -0.39 is 47.4 Å². The van der Waals surface area contributed by atoms with Gasteiger partial charge in [-0.2, -0.15) is 26.3 Å². The average Bonchev–Trinajstić information content (AvgIpc) is 4.30. The molecule has 13 nitrogen and oxygen atoms in total. The maximum atomic E-state index is 13.6. The molecule has 80 heavy (non-hydrogen) atoms. The summed E-state index contributed by atoms with van der Waals surface area (Å²) in [5.74, 6) is -5.24. The number of carboxylic acids is 2. The number of ether oxygens (including phenoxy) is 3. The van der Waals surface area contributed by atoms with Crippen LogP contribution in [0.3, 0.4) is 0 Å². The predicted octanol–water partition coefficient (Wildman–Crippen LogP) is 7.74. The Morgan fingerprint density at radius 3 is 1.20 bits per heavy atom. The number of hydrogen-bond acceptors (Lipinski definition) is 11. The predicted molar refractivity (Wildman–Crippen MR) is 278 cm³/mol. The van der Waals surface area contributed by atoms with Crippen LogP contribution in [0, 0.1) is 23.7 Å². The molecule has 12 rings (SSSR count). The number of quaternary nitrogens is 2. The number of halogens is 6. The number of nitrogens with zero attached hydrogens (tertiary/aromatic N) is 2. The molecule has 8 fully saturated rings. The first-order valence-corrected chi connectivity index (χ1v) is 28.0. The zero-order valence-corrected chi connectivity index (χ0v) is 45.0. The number of piperidine rings is 6. The Kier molecular flexibility index (Phi) is 20.9. The van der Waals surface area contributed by atoms with Crippen LogP contribution in [-0.2, 0) is 46.3 Å². The van der Waals surface area contributed by atoms with Crippen molar-refractivity contribution in [2.75, 3.05) is 59.0 Å². The molecule has 6 aliphatic heterocycles. The van der Waals surface area contributed by atoms with E-state index in [-0.39, 0.29) is 24.0 Å². The van der Waals surface area contributed by atoms with E-state index >= 15 is 0 Å². The van der Waals surface area contributed by atoms with Gasteiger partial charge >= 0.3 is 24.3 Å². The molecule has 2 saturated carbocycles. The fourth-order valence-electron chi connectivity index (χ4n) is 13.0. The first-order chi connectivity index (χ1) is 38.1. The molecular weight excluding hydrogens is 1050 g/mol. The van der Waals surface area contributed by atoms with Crippen LogP contribution in [0.5, 0.6) is 5.75 Å². The maximum absolute atomic E-state index is 13.6. The number of aliphatic hydroxyl groups is 2. The number of esters is 2. The fourth-order valence-corrected chi connectivity index (χ4v) is 13.0. The number of hydrogen-bond donors (Lipinski definition) is 2. The highest BCUT2D eigenvalue weighted by Gasteiger charge is 2.54. The van der Waals surface area contributed by atoms with Gasteiger partial charge in [-0.3, -0.25) is 0 Å². The summed E-state index contributed by atoms with van der Waals surface area (Å²) >= 11 is 0. The van der Waals surface area contributed by atoms with E-state index in [1.165, 1.54) is 18.7 Å². The van der Waals surface area contributed by atoms with Crippen molar-refractivity contribution < 1.29 is 89.1 Å². The third-order valence-corrected chi connectivity index (χ3v) is 17.5. The number of aliphatic carboxylic acids is 2. The van der Waals surface area contributed by atoms with E-state index in [4.69, 9.17) is 34.0 Å². The van der Waals surface area contributed by atoms with Crippen molar-refractivity contribution in [3.8, 4) is 5.75 Å². The van der Waals surface area contributed by atoms with Gasteiger partial charge in [-0.25, -0.2) is 9.59 Å². The average molecular weight is 1130 g/mol. The molecule has 4 bridgehead atoms. The molecule has 0 unspecified atom stereocenters. The summed E-state index contributed by atoms with van der Waals surface area (Å²) in [6.07, 6.45) is 3.61. The number of carbonyl (C=O) groups excluding carboxylic acids is 4. The summed E-state index contributed by atoms with van der Waals surface area (Å²) in [5, 5.41) is 41.2. The van der Waals surface area contributed by atoms with Crippen LogP contribution in [0.25, 0.3) is 0 Å². The van der Waals surface area contributed by atoms with Crippen LogP contribution in [0.2, 0.25) is 0 Å². The fraction of sp³-hybridized carbons (Fsp3) is 0.541. The highest BCUT2D eigenvalue weighted by molar-refractivity contribution is 5.82. The number of carboxylic acid groups (broad SMARTS) is 2. The standard InChI is InChI=1S/C29H38NO4.C28H36NO3.2C2HF3O2/c31-28(29(32,25-12-7-8-13-25)24-10-3-1-4-11-24)34-27-22-30(19-16-23(27)17-20-30)18-9-21-33-26-14-5-2-6-15-26;30-27(28(31,25-13-7-8-14-25)24-11-5-2-6-12-24)32-26-21-29(19-16-23(26)17-20-29)18-15-22-9-3-1-4-10-22;2*3-2(4,5)1(6)7/h1-6,10-11,14-15,23,25,27,32H,7-9,12-13,16-22H2;1-6,9-12,23,25-26,31H,7-8,13-21H2;2*(H,6,7)/q2*+1;;/p-2/t23?,27-,29-,30?;23?,26-,28-,29?;;/m00../s1. The number of fused-ring (bicyclic) bond motifs is 6. The van der Waals surface area contributed by atoms with Crippen molar-refractivity contribution in [3.05, 3.63) is 138 Å². The van der Waals surface area contributed by atoms with E-state index in [2.05, 4.69) is 30.3 Å². The van der Waals surface area contributed by atoms with Gasteiger partial charge in [-0.1, -0.05) is 135 Å². The smallest absolute Gasteiger partial charge is 0.430 e. The molecule has 0 radical (unpaired) electrons. The molecule has 4 aromatic carbocycles. The lowest BCUT2D eigenvalue weighted by Gasteiger charge is -2.52. The van der Waals surface area contributed by atoms with E-state index in [9.17, 15) is 46.1 Å². The summed E-state index contributed by atoms with van der Waals surface area (Å²) in [7, 11) is 0. The second-order valence-corrected chi connectivity index (χ2v) is 22.5. The number of para-hydroxylation sites is 1. The molecule has 4 atom stereocenters. The Balaban J connectivity index is 0.000000187. The van der Waals surface area contributed by atoms with Gasteiger partial charge in [-0.15, -0.1) is 0 Å². The van der Waals surface area contributed by atoms with Crippen molar-refractivity contribution in [1.29, 1.82) is 0 Å². The minimum Gasteiger partial charge on any atom is -0.542 e. The molecule has 6 saturated heterocycles.